The molecule has 0 aliphatic carbocycles. The van der Waals surface area contributed by atoms with Crippen LogP contribution in [0.25, 0.3) is 5.82 Å². The number of carbonyl (C=O) groups is 1. The first kappa shape index (κ1) is 19.5. The van der Waals surface area contributed by atoms with Gasteiger partial charge < -0.3 is 24.6 Å². The maximum Gasteiger partial charge on any atom is 0.321 e. The highest BCUT2D eigenvalue weighted by Crippen LogP contribution is 2.29. The number of hydrogen-bond donors (Lipinski definition) is 1. The molecule has 0 spiro atoms. The Morgan fingerprint density at radius 1 is 1.00 bits per heavy atom. The summed E-state index contributed by atoms with van der Waals surface area (Å²) in [4.78, 5) is 25.2. The summed E-state index contributed by atoms with van der Waals surface area (Å²) in [5.74, 6) is 2.70. The maximum atomic E-state index is 12.7. The van der Waals surface area contributed by atoms with Gasteiger partial charge in [-0.15, -0.1) is 0 Å². The Labute approximate surface area is 174 Å². The monoisotopic (exact) mass is 409 g/mol. The lowest BCUT2D eigenvalue weighted by atomic mass is 10.2. The number of anilines is 2. The summed E-state index contributed by atoms with van der Waals surface area (Å²) in [5, 5.41) is 7.12. The van der Waals surface area contributed by atoms with Crippen LogP contribution in [-0.2, 0) is 0 Å². The lowest BCUT2D eigenvalue weighted by Crippen LogP contribution is -2.50. The molecule has 1 aliphatic rings. The second-order valence-electron chi connectivity index (χ2n) is 6.66. The van der Waals surface area contributed by atoms with Gasteiger partial charge in [0.15, 0.2) is 17.3 Å². The minimum absolute atomic E-state index is 0.151. The van der Waals surface area contributed by atoms with Crippen molar-refractivity contribution in [3.05, 3.63) is 49.1 Å². The van der Waals surface area contributed by atoms with E-state index in [4.69, 9.17) is 9.47 Å². The van der Waals surface area contributed by atoms with E-state index in [2.05, 4.69) is 25.3 Å². The van der Waals surface area contributed by atoms with E-state index in [1.807, 2.05) is 18.3 Å². The summed E-state index contributed by atoms with van der Waals surface area (Å²) in [7, 11) is 3.14. The van der Waals surface area contributed by atoms with Gasteiger partial charge in [0.05, 0.1) is 14.2 Å². The van der Waals surface area contributed by atoms with E-state index in [1.54, 1.807) is 48.2 Å². The smallest absolute Gasteiger partial charge is 0.321 e. The molecule has 0 unspecified atom stereocenters. The van der Waals surface area contributed by atoms with Crippen molar-refractivity contribution in [3.8, 4) is 17.3 Å². The molecule has 1 N–H and O–H groups in total. The van der Waals surface area contributed by atoms with Crippen molar-refractivity contribution in [1.82, 2.24) is 24.6 Å². The van der Waals surface area contributed by atoms with E-state index in [9.17, 15) is 4.79 Å². The Bertz CT molecular complexity index is 1000. The largest absolute Gasteiger partial charge is 0.493 e. The molecule has 10 nitrogen and oxygen atoms in total. The third kappa shape index (κ3) is 4.12. The summed E-state index contributed by atoms with van der Waals surface area (Å²) in [5.41, 5.74) is 0.653. The van der Waals surface area contributed by atoms with Gasteiger partial charge in [-0.25, -0.2) is 19.4 Å². The number of piperazine rings is 1. The van der Waals surface area contributed by atoms with Gasteiger partial charge in [0.25, 0.3) is 0 Å². The summed E-state index contributed by atoms with van der Waals surface area (Å²) in [6.45, 7) is 2.52. The molecular formula is C20H23N7O3. The van der Waals surface area contributed by atoms with E-state index in [1.165, 1.54) is 6.33 Å². The number of nitrogens with zero attached hydrogens (tertiary/aromatic N) is 6. The normalized spacial score (nSPS) is 13.8. The van der Waals surface area contributed by atoms with Crippen LogP contribution in [0.2, 0.25) is 0 Å². The number of ether oxygens (including phenoxy) is 2. The molecule has 30 heavy (non-hydrogen) atoms. The zero-order chi connectivity index (χ0) is 20.9. The van der Waals surface area contributed by atoms with Gasteiger partial charge in [0.2, 0.25) is 0 Å². The van der Waals surface area contributed by atoms with Crippen molar-refractivity contribution < 1.29 is 14.3 Å². The molecule has 10 heteroatoms. The van der Waals surface area contributed by atoms with Gasteiger partial charge >= 0.3 is 6.03 Å². The Balaban J connectivity index is 1.36. The van der Waals surface area contributed by atoms with Crippen molar-refractivity contribution >= 4 is 17.5 Å². The zero-order valence-electron chi connectivity index (χ0n) is 16.9. The fraction of sp³-hybridized carbons (Fsp3) is 0.300. The van der Waals surface area contributed by atoms with Gasteiger partial charge in [0, 0.05) is 56.4 Å². The Hall–Kier alpha value is -3.82. The van der Waals surface area contributed by atoms with E-state index >= 15 is 0 Å². The topological polar surface area (TPSA) is 97.6 Å². The second kappa shape index (κ2) is 8.68. The van der Waals surface area contributed by atoms with Gasteiger partial charge in [-0.3, -0.25) is 0 Å². The molecule has 0 saturated carbocycles. The first-order valence-electron chi connectivity index (χ1n) is 9.53. The van der Waals surface area contributed by atoms with Crippen LogP contribution in [-0.4, -0.2) is 71.1 Å². The molecular weight excluding hydrogens is 386 g/mol. The average Bonchev–Trinajstić information content (AvgIpc) is 3.34. The van der Waals surface area contributed by atoms with Crippen LogP contribution < -0.4 is 19.7 Å². The number of urea groups is 1. The number of methoxy groups -OCH3 is 2. The SMILES string of the molecule is COc1ccc(NC(=O)N2CCN(c3cc(-n4cccn4)ncn3)CC2)cc1OC. The Morgan fingerprint density at radius 3 is 2.47 bits per heavy atom. The molecule has 1 fully saturated rings. The fourth-order valence-electron chi connectivity index (χ4n) is 3.29. The first-order valence-corrected chi connectivity index (χ1v) is 9.53. The van der Waals surface area contributed by atoms with Crippen LogP contribution in [0.1, 0.15) is 0 Å². The van der Waals surface area contributed by atoms with Crippen LogP contribution in [0, 0.1) is 0 Å². The maximum absolute atomic E-state index is 12.7. The van der Waals surface area contributed by atoms with Crippen molar-refractivity contribution in [2.24, 2.45) is 0 Å². The number of carbonyl (C=O) groups excluding carboxylic acids is 1. The molecule has 4 rings (SSSR count). The quantitative estimate of drug-likeness (QED) is 0.689. The summed E-state index contributed by atoms with van der Waals surface area (Å²) >= 11 is 0. The molecule has 2 amide bonds. The van der Waals surface area contributed by atoms with E-state index in [-0.39, 0.29) is 6.03 Å². The number of benzene rings is 1. The Kier molecular flexibility index (Phi) is 5.64. The molecule has 1 saturated heterocycles. The molecule has 3 aromatic rings. The van der Waals surface area contributed by atoms with Crippen molar-refractivity contribution in [3.63, 3.8) is 0 Å². The van der Waals surface area contributed by atoms with E-state index < -0.39 is 0 Å². The van der Waals surface area contributed by atoms with Crippen LogP contribution in [0.4, 0.5) is 16.3 Å². The number of rotatable bonds is 5. The van der Waals surface area contributed by atoms with Crippen molar-refractivity contribution in [2.75, 3.05) is 50.6 Å². The van der Waals surface area contributed by atoms with Gasteiger partial charge in [-0.2, -0.15) is 5.10 Å². The highest BCUT2D eigenvalue weighted by molar-refractivity contribution is 5.90. The van der Waals surface area contributed by atoms with Gasteiger partial charge in [-0.05, 0) is 18.2 Å². The van der Waals surface area contributed by atoms with Crippen LogP contribution >= 0.6 is 0 Å². The molecule has 156 valence electrons. The molecule has 1 aliphatic heterocycles. The molecule has 0 atom stereocenters. The predicted molar refractivity (Wildman–Crippen MR) is 112 cm³/mol. The molecule has 1 aromatic carbocycles. The molecule has 3 heterocycles. The number of aromatic nitrogens is 4. The van der Waals surface area contributed by atoms with Crippen molar-refractivity contribution in [1.29, 1.82) is 0 Å². The minimum Gasteiger partial charge on any atom is -0.493 e. The fourth-order valence-corrected chi connectivity index (χ4v) is 3.29. The second-order valence-corrected chi connectivity index (χ2v) is 6.66. The van der Waals surface area contributed by atoms with Gasteiger partial charge in [-0.1, -0.05) is 0 Å². The summed E-state index contributed by atoms with van der Waals surface area (Å²) in [6, 6.07) is 8.88. The van der Waals surface area contributed by atoms with Gasteiger partial charge in [0.1, 0.15) is 12.1 Å². The molecule has 2 aromatic heterocycles. The van der Waals surface area contributed by atoms with Crippen LogP contribution in [0.5, 0.6) is 11.5 Å². The standard InChI is InChI=1S/C20H23N7O3/c1-29-16-5-4-15(12-17(16)30-2)24-20(28)26-10-8-25(9-11-26)18-13-19(22-14-21-18)27-7-3-6-23-27/h3-7,12-14H,8-11H2,1-2H3,(H,24,28). The highest BCUT2D eigenvalue weighted by atomic mass is 16.5. The van der Waals surface area contributed by atoms with E-state index in [0.717, 1.165) is 5.82 Å². The average molecular weight is 409 g/mol. The summed E-state index contributed by atoms with van der Waals surface area (Å²) in [6.07, 6.45) is 5.07. The minimum atomic E-state index is -0.151. The molecule has 0 bridgehead atoms. The number of nitrogens with one attached hydrogen (secondary N) is 1. The molecule has 0 radical (unpaired) electrons. The van der Waals surface area contributed by atoms with Crippen LogP contribution in [0.15, 0.2) is 49.1 Å². The third-order valence-electron chi connectivity index (χ3n) is 4.90. The van der Waals surface area contributed by atoms with E-state index in [0.29, 0.717) is 49.2 Å². The lowest BCUT2D eigenvalue weighted by molar-refractivity contribution is 0.208. The zero-order valence-corrected chi connectivity index (χ0v) is 16.9. The highest BCUT2D eigenvalue weighted by Gasteiger charge is 2.22. The first-order chi connectivity index (χ1) is 14.7. The van der Waals surface area contributed by atoms with Crippen LogP contribution in [0.3, 0.4) is 0 Å². The predicted octanol–water partition coefficient (Wildman–Crippen LogP) is 2.03. The number of hydrogen-bond acceptors (Lipinski definition) is 7. The van der Waals surface area contributed by atoms with Crippen molar-refractivity contribution in [2.45, 2.75) is 0 Å². The lowest BCUT2D eigenvalue weighted by Gasteiger charge is -2.35. The summed E-state index contributed by atoms with van der Waals surface area (Å²) < 4.78 is 12.2. The Morgan fingerprint density at radius 2 is 1.77 bits per heavy atom. The number of amides is 2. The third-order valence-corrected chi connectivity index (χ3v) is 4.90.